The number of nitrogens with zero attached hydrogens (tertiary/aromatic N) is 6. The van der Waals surface area contributed by atoms with Crippen LogP contribution in [0.1, 0.15) is 20.8 Å². The molecule has 0 radical (unpaired) electrons. The van der Waals surface area contributed by atoms with E-state index in [9.17, 15) is 4.79 Å². The molecule has 1 amide bonds. The highest BCUT2D eigenvalue weighted by Crippen LogP contribution is 2.39. The minimum Gasteiger partial charge on any atom is -0.478 e. The average molecular weight is 538 g/mol. The summed E-state index contributed by atoms with van der Waals surface area (Å²) in [5.74, 6) is 0.0265. The van der Waals surface area contributed by atoms with Gasteiger partial charge in [0.2, 0.25) is 12.1 Å². The first-order valence-electron chi connectivity index (χ1n) is 12.8. The van der Waals surface area contributed by atoms with Gasteiger partial charge in [-0.25, -0.2) is 0 Å². The number of carbonyl (C=O) groups is 1. The van der Waals surface area contributed by atoms with Crippen molar-refractivity contribution in [3.63, 3.8) is 0 Å². The van der Waals surface area contributed by atoms with Crippen LogP contribution in [-0.4, -0.2) is 54.6 Å². The monoisotopic (exact) mass is 537 g/mol. The summed E-state index contributed by atoms with van der Waals surface area (Å²) in [5, 5.41) is 11.9. The zero-order valence-electron chi connectivity index (χ0n) is 21.3. The van der Waals surface area contributed by atoms with Gasteiger partial charge in [-0.2, -0.15) is 5.26 Å². The van der Waals surface area contributed by atoms with Crippen LogP contribution in [0.2, 0.25) is 0 Å². The lowest BCUT2D eigenvalue weighted by Crippen LogP contribution is -2.45. The van der Waals surface area contributed by atoms with E-state index in [1.807, 2.05) is 48.1 Å². The molecule has 0 spiro atoms. The number of aromatic nitrogens is 1. The van der Waals surface area contributed by atoms with Crippen molar-refractivity contribution in [2.24, 2.45) is 10.7 Å². The standard InChI is InChI=1S/C29H27N7O2S/c30-18-33-27-17-34(12-13-38-27)19-35-11-8-20-5-6-22(15-26(20)35)36(25-9-14-39-28(25)29(31)37)16-21-7-10-32-24-4-2-1-3-23(21)24/h1-7,9-10,14-15H,8,11-13,16-17,19H2,(H2,31,37). The number of pyridine rings is 1. The molecule has 2 N–H and O–H groups in total. The lowest BCUT2D eigenvalue weighted by molar-refractivity contribution is 0.100. The fourth-order valence-electron chi connectivity index (χ4n) is 5.32. The van der Waals surface area contributed by atoms with Crippen molar-refractivity contribution in [1.82, 2.24) is 9.88 Å². The van der Waals surface area contributed by atoms with Crippen molar-refractivity contribution in [3.8, 4) is 6.19 Å². The number of anilines is 3. The van der Waals surface area contributed by atoms with E-state index < -0.39 is 5.91 Å². The zero-order valence-corrected chi connectivity index (χ0v) is 22.1. The maximum absolute atomic E-state index is 12.4. The topological polar surface area (TPSA) is 111 Å². The fraction of sp³-hybridized carbons (Fsp3) is 0.241. The van der Waals surface area contributed by atoms with E-state index in [1.54, 1.807) is 0 Å². The number of amides is 1. The maximum atomic E-state index is 12.4. The number of fused-ring (bicyclic) bond motifs is 2. The number of carbonyl (C=O) groups excluding carboxylic acids is 1. The third kappa shape index (κ3) is 5.02. The Morgan fingerprint density at radius 3 is 2.97 bits per heavy atom. The van der Waals surface area contributed by atoms with E-state index in [-0.39, 0.29) is 0 Å². The summed E-state index contributed by atoms with van der Waals surface area (Å²) in [6, 6.07) is 18.6. The van der Waals surface area contributed by atoms with E-state index >= 15 is 0 Å². The van der Waals surface area contributed by atoms with Crippen LogP contribution >= 0.6 is 11.3 Å². The quantitative estimate of drug-likeness (QED) is 0.351. The number of hydrogen-bond acceptors (Lipinski definition) is 9. The Morgan fingerprint density at radius 1 is 1.21 bits per heavy atom. The predicted molar refractivity (Wildman–Crippen MR) is 153 cm³/mol. The number of para-hydroxylation sites is 1. The van der Waals surface area contributed by atoms with Gasteiger partial charge >= 0.3 is 0 Å². The van der Waals surface area contributed by atoms with E-state index in [0.717, 1.165) is 47.4 Å². The molecule has 196 valence electrons. The van der Waals surface area contributed by atoms with Gasteiger partial charge in [0.25, 0.3) is 5.91 Å². The first kappa shape index (κ1) is 24.9. The molecule has 0 unspecified atom stereocenters. The molecule has 9 nitrogen and oxygen atoms in total. The van der Waals surface area contributed by atoms with Crippen LogP contribution in [0, 0.1) is 11.5 Å². The van der Waals surface area contributed by atoms with Crippen molar-refractivity contribution >= 4 is 51.1 Å². The maximum Gasteiger partial charge on any atom is 0.260 e. The van der Waals surface area contributed by atoms with Gasteiger partial charge in [0.1, 0.15) is 11.5 Å². The van der Waals surface area contributed by atoms with E-state index in [4.69, 9.17) is 15.7 Å². The van der Waals surface area contributed by atoms with Gasteiger partial charge in [-0.3, -0.25) is 14.7 Å². The van der Waals surface area contributed by atoms with Gasteiger partial charge in [-0.15, -0.1) is 16.3 Å². The summed E-state index contributed by atoms with van der Waals surface area (Å²) in [4.78, 5) is 28.0. The zero-order chi connectivity index (χ0) is 26.8. The van der Waals surface area contributed by atoms with Crippen LogP contribution in [0.15, 0.2) is 71.2 Å². The largest absolute Gasteiger partial charge is 0.478 e. The molecule has 0 bridgehead atoms. The lowest BCUT2D eigenvalue weighted by atomic mass is 10.1. The molecule has 1 fully saturated rings. The second-order valence-electron chi connectivity index (χ2n) is 9.55. The molecule has 4 aromatic rings. The number of ether oxygens (including phenoxy) is 1. The second kappa shape index (κ2) is 10.7. The van der Waals surface area contributed by atoms with Crippen molar-refractivity contribution in [1.29, 1.82) is 5.26 Å². The lowest BCUT2D eigenvalue weighted by Gasteiger charge is -2.33. The number of nitrogens with two attached hydrogens (primary N) is 1. The summed E-state index contributed by atoms with van der Waals surface area (Å²) >= 11 is 1.36. The van der Waals surface area contributed by atoms with E-state index in [0.29, 0.717) is 37.1 Å². The third-order valence-corrected chi connectivity index (χ3v) is 8.10. The number of aliphatic imine (C=N–C) groups is 1. The fourth-order valence-corrected chi connectivity index (χ4v) is 6.07. The summed E-state index contributed by atoms with van der Waals surface area (Å²) in [6.45, 7) is 3.97. The molecular formula is C29H27N7O2S. The first-order valence-corrected chi connectivity index (χ1v) is 13.6. The van der Waals surface area contributed by atoms with Crippen LogP contribution in [0.25, 0.3) is 10.9 Å². The average Bonchev–Trinajstić information content (AvgIpc) is 3.60. The Morgan fingerprint density at radius 2 is 2.10 bits per heavy atom. The second-order valence-corrected chi connectivity index (χ2v) is 10.5. The molecule has 0 atom stereocenters. The van der Waals surface area contributed by atoms with Gasteiger partial charge in [0.15, 0.2) is 0 Å². The molecule has 10 heteroatoms. The molecule has 2 aliphatic heterocycles. The minimum atomic E-state index is -0.436. The van der Waals surface area contributed by atoms with Crippen LogP contribution < -0.4 is 15.5 Å². The predicted octanol–water partition coefficient (Wildman–Crippen LogP) is 4.27. The highest BCUT2D eigenvalue weighted by Gasteiger charge is 2.26. The number of thiophene rings is 1. The molecule has 6 rings (SSSR count). The molecule has 1 saturated heterocycles. The van der Waals surface area contributed by atoms with Gasteiger partial charge < -0.3 is 20.3 Å². The number of morpholine rings is 1. The molecule has 4 heterocycles. The van der Waals surface area contributed by atoms with Crippen molar-refractivity contribution in [2.75, 3.05) is 42.7 Å². The van der Waals surface area contributed by atoms with E-state index in [2.05, 4.69) is 48.9 Å². The number of hydrogen-bond donors (Lipinski definition) is 1. The Hall–Kier alpha value is -4.46. The first-order chi connectivity index (χ1) is 19.1. The Kier molecular flexibility index (Phi) is 6.84. The number of rotatable bonds is 7. The Labute approximate surface area is 230 Å². The number of primary amides is 1. The van der Waals surface area contributed by atoms with Crippen molar-refractivity contribution in [3.05, 3.63) is 82.2 Å². The molecule has 2 aromatic carbocycles. The Balaban J connectivity index is 1.36. The molecule has 39 heavy (non-hydrogen) atoms. The number of nitriles is 1. The van der Waals surface area contributed by atoms with Gasteiger partial charge in [-0.05, 0) is 53.3 Å². The smallest absolute Gasteiger partial charge is 0.260 e. The van der Waals surface area contributed by atoms with Crippen LogP contribution in [0.3, 0.4) is 0 Å². The molecule has 2 aliphatic rings. The molecule has 0 saturated carbocycles. The number of benzene rings is 2. The SMILES string of the molecule is N#CN=C1CN(CN2CCc3ccc(N(Cc4ccnc5ccccc45)c4ccsc4C(N)=O)cc32)CCO1. The van der Waals surface area contributed by atoms with Crippen LogP contribution in [-0.2, 0) is 17.7 Å². The molecular weight excluding hydrogens is 510 g/mol. The highest BCUT2D eigenvalue weighted by molar-refractivity contribution is 7.12. The van der Waals surface area contributed by atoms with Gasteiger partial charge in [0.05, 0.1) is 24.4 Å². The van der Waals surface area contributed by atoms with E-state index in [1.165, 1.54) is 22.6 Å². The van der Waals surface area contributed by atoms with Crippen LogP contribution in [0.5, 0.6) is 0 Å². The van der Waals surface area contributed by atoms with Crippen molar-refractivity contribution in [2.45, 2.75) is 13.0 Å². The summed E-state index contributed by atoms with van der Waals surface area (Å²) in [5.41, 5.74) is 12.1. The Bertz CT molecular complexity index is 1600. The normalized spacial score (nSPS) is 16.2. The third-order valence-electron chi connectivity index (χ3n) is 7.18. The summed E-state index contributed by atoms with van der Waals surface area (Å²) in [6.07, 6.45) is 4.61. The van der Waals surface area contributed by atoms with Gasteiger partial charge in [-0.1, -0.05) is 24.3 Å². The summed E-state index contributed by atoms with van der Waals surface area (Å²) in [7, 11) is 0. The minimum absolute atomic E-state index is 0.436. The van der Waals surface area contributed by atoms with Crippen LogP contribution in [0.4, 0.5) is 17.1 Å². The summed E-state index contributed by atoms with van der Waals surface area (Å²) < 4.78 is 5.51. The van der Waals surface area contributed by atoms with Crippen molar-refractivity contribution < 1.29 is 9.53 Å². The highest BCUT2D eigenvalue weighted by atomic mass is 32.1. The molecule has 0 aliphatic carbocycles. The molecule has 2 aromatic heterocycles. The van der Waals surface area contributed by atoms with Gasteiger partial charge in [0, 0.05) is 42.6 Å².